The van der Waals surface area contributed by atoms with E-state index in [1.165, 1.54) is 0 Å². The number of nitrogens with one attached hydrogen (secondary N) is 2. The van der Waals surface area contributed by atoms with Gasteiger partial charge in [-0.1, -0.05) is 13.8 Å². The van der Waals surface area contributed by atoms with E-state index in [4.69, 9.17) is 5.11 Å². The number of carboxylic acids is 1. The van der Waals surface area contributed by atoms with Crippen LogP contribution in [0.25, 0.3) is 0 Å². The Labute approximate surface area is 108 Å². The molecule has 2 amide bonds. The Morgan fingerprint density at radius 3 is 2.56 bits per heavy atom. The third-order valence-corrected chi connectivity index (χ3v) is 3.26. The molecule has 0 aliphatic carbocycles. The summed E-state index contributed by atoms with van der Waals surface area (Å²) in [7, 11) is 2.05. The molecule has 1 heterocycles. The number of rotatable bonds is 5. The van der Waals surface area contributed by atoms with Crippen molar-refractivity contribution in [2.45, 2.75) is 26.3 Å². The lowest BCUT2D eigenvalue weighted by Crippen LogP contribution is -2.49. The van der Waals surface area contributed by atoms with Crippen LogP contribution < -0.4 is 10.6 Å². The fraction of sp³-hybridized carbons (Fsp3) is 0.833. The Balaban J connectivity index is 2.30. The Morgan fingerprint density at radius 2 is 2.11 bits per heavy atom. The topological polar surface area (TPSA) is 81.7 Å². The Bertz CT molecular complexity index is 307. The van der Waals surface area contributed by atoms with Crippen molar-refractivity contribution in [3.05, 3.63) is 0 Å². The molecule has 1 aliphatic heterocycles. The zero-order valence-corrected chi connectivity index (χ0v) is 11.3. The van der Waals surface area contributed by atoms with Gasteiger partial charge in [-0.2, -0.15) is 0 Å². The van der Waals surface area contributed by atoms with Crippen molar-refractivity contribution in [1.29, 1.82) is 0 Å². The van der Waals surface area contributed by atoms with Gasteiger partial charge in [-0.15, -0.1) is 0 Å². The summed E-state index contributed by atoms with van der Waals surface area (Å²) < 4.78 is 0. The van der Waals surface area contributed by atoms with Gasteiger partial charge < -0.3 is 20.6 Å². The number of nitrogens with zero attached hydrogens (tertiary/aromatic N) is 1. The van der Waals surface area contributed by atoms with E-state index in [1.807, 2.05) is 0 Å². The van der Waals surface area contributed by atoms with Crippen molar-refractivity contribution in [2.24, 2.45) is 11.8 Å². The first-order chi connectivity index (χ1) is 8.40. The predicted molar refractivity (Wildman–Crippen MR) is 68.4 cm³/mol. The molecular formula is C12H23N3O3. The minimum absolute atomic E-state index is 0.133. The largest absolute Gasteiger partial charge is 0.480 e. The van der Waals surface area contributed by atoms with Gasteiger partial charge in [0.15, 0.2) is 0 Å². The molecule has 1 saturated heterocycles. The summed E-state index contributed by atoms with van der Waals surface area (Å²) in [6, 6.07) is -1.23. The highest BCUT2D eigenvalue weighted by Gasteiger charge is 2.24. The van der Waals surface area contributed by atoms with Crippen molar-refractivity contribution in [3.63, 3.8) is 0 Å². The molecule has 0 aromatic carbocycles. The molecule has 0 bridgehead atoms. The smallest absolute Gasteiger partial charge is 0.326 e. The average Bonchev–Trinajstić information content (AvgIpc) is 2.68. The number of hydrogen-bond acceptors (Lipinski definition) is 3. The van der Waals surface area contributed by atoms with Crippen LogP contribution >= 0.6 is 0 Å². The minimum atomic E-state index is -0.999. The van der Waals surface area contributed by atoms with Crippen LogP contribution in [0.1, 0.15) is 20.3 Å². The molecule has 18 heavy (non-hydrogen) atoms. The van der Waals surface area contributed by atoms with Crippen molar-refractivity contribution in [1.82, 2.24) is 15.5 Å². The van der Waals surface area contributed by atoms with Crippen molar-refractivity contribution in [3.8, 4) is 0 Å². The number of carbonyl (C=O) groups is 2. The maximum absolute atomic E-state index is 11.6. The van der Waals surface area contributed by atoms with E-state index in [0.717, 1.165) is 19.5 Å². The van der Waals surface area contributed by atoms with E-state index in [0.29, 0.717) is 12.5 Å². The first-order valence-corrected chi connectivity index (χ1v) is 6.36. The SMILES string of the molecule is CC(C)C(NC(=O)NCC1CCN(C)C1)C(=O)O. The molecule has 1 rings (SSSR count). The van der Waals surface area contributed by atoms with Crippen LogP contribution in [0.4, 0.5) is 4.79 Å². The van der Waals surface area contributed by atoms with Crippen molar-refractivity contribution in [2.75, 3.05) is 26.7 Å². The van der Waals surface area contributed by atoms with Crippen LogP contribution in [0.2, 0.25) is 0 Å². The van der Waals surface area contributed by atoms with Gasteiger partial charge in [-0.3, -0.25) is 0 Å². The zero-order valence-electron chi connectivity index (χ0n) is 11.3. The molecule has 104 valence electrons. The van der Waals surface area contributed by atoms with Crippen LogP contribution in [0, 0.1) is 11.8 Å². The maximum atomic E-state index is 11.6. The minimum Gasteiger partial charge on any atom is -0.480 e. The number of aliphatic carboxylic acids is 1. The van der Waals surface area contributed by atoms with Gasteiger partial charge in [0.2, 0.25) is 0 Å². The lowest BCUT2D eigenvalue weighted by atomic mass is 10.1. The normalized spacial score (nSPS) is 21.9. The monoisotopic (exact) mass is 257 g/mol. The van der Waals surface area contributed by atoms with Crippen LogP contribution in [0.5, 0.6) is 0 Å². The van der Waals surface area contributed by atoms with Crippen LogP contribution in [0.15, 0.2) is 0 Å². The number of amides is 2. The first kappa shape index (κ1) is 14.8. The third kappa shape index (κ3) is 4.52. The standard InChI is InChI=1S/C12H23N3O3/c1-8(2)10(11(16)17)14-12(18)13-6-9-4-5-15(3)7-9/h8-10H,4-7H2,1-3H3,(H,16,17)(H2,13,14,18). The summed E-state index contributed by atoms with van der Waals surface area (Å²) in [5.74, 6) is -0.672. The van der Waals surface area contributed by atoms with E-state index in [2.05, 4.69) is 22.6 Å². The summed E-state index contributed by atoms with van der Waals surface area (Å²) in [6.45, 7) is 6.17. The number of carboxylic acid groups (broad SMARTS) is 1. The van der Waals surface area contributed by atoms with Crippen molar-refractivity contribution < 1.29 is 14.7 Å². The predicted octanol–water partition coefficient (Wildman–Crippen LogP) is 0.347. The maximum Gasteiger partial charge on any atom is 0.326 e. The van der Waals surface area contributed by atoms with Crippen molar-refractivity contribution >= 4 is 12.0 Å². The average molecular weight is 257 g/mol. The van der Waals surface area contributed by atoms with E-state index in [9.17, 15) is 9.59 Å². The van der Waals surface area contributed by atoms with Crippen LogP contribution in [-0.2, 0) is 4.79 Å². The zero-order chi connectivity index (χ0) is 13.7. The van der Waals surface area contributed by atoms with Gasteiger partial charge in [-0.25, -0.2) is 9.59 Å². The molecule has 0 aromatic heterocycles. The highest BCUT2D eigenvalue weighted by Crippen LogP contribution is 2.12. The fourth-order valence-electron chi connectivity index (χ4n) is 2.14. The van der Waals surface area contributed by atoms with E-state index >= 15 is 0 Å². The number of urea groups is 1. The Kier molecular flexibility index (Phi) is 5.40. The summed E-state index contributed by atoms with van der Waals surface area (Å²) in [5, 5.41) is 14.2. The fourth-order valence-corrected chi connectivity index (χ4v) is 2.14. The highest BCUT2D eigenvalue weighted by atomic mass is 16.4. The first-order valence-electron chi connectivity index (χ1n) is 6.36. The molecule has 0 radical (unpaired) electrons. The van der Waals surface area contributed by atoms with E-state index in [1.54, 1.807) is 13.8 Å². The third-order valence-electron chi connectivity index (χ3n) is 3.26. The molecule has 0 aromatic rings. The molecular weight excluding hydrogens is 234 g/mol. The second kappa shape index (κ2) is 6.58. The van der Waals surface area contributed by atoms with Gasteiger partial charge in [-0.05, 0) is 31.8 Å². The highest BCUT2D eigenvalue weighted by molar-refractivity contribution is 5.82. The number of likely N-dealkylation sites (tertiary alicyclic amines) is 1. The molecule has 2 atom stereocenters. The van der Waals surface area contributed by atoms with Gasteiger partial charge in [0.05, 0.1) is 0 Å². The Morgan fingerprint density at radius 1 is 1.44 bits per heavy atom. The molecule has 2 unspecified atom stereocenters. The number of hydrogen-bond donors (Lipinski definition) is 3. The molecule has 3 N–H and O–H groups in total. The molecule has 6 heteroatoms. The second-order valence-electron chi connectivity index (χ2n) is 5.33. The van der Waals surface area contributed by atoms with Gasteiger partial charge in [0.25, 0.3) is 0 Å². The lowest BCUT2D eigenvalue weighted by Gasteiger charge is -2.19. The van der Waals surface area contributed by atoms with Gasteiger partial charge in [0, 0.05) is 13.1 Å². The Hall–Kier alpha value is -1.30. The molecule has 1 fully saturated rings. The molecule has 1 aliphatic rings. The van der Waals surface area contributed by atoms with Crippen LogP contribution in [-0.4, -0.2) is 54.7 Å². The quantitative estimate of drug-likeness (QED) is 0.663. The summed E-state index contributed by atoms with van der Waals surface area (Å²) in [6.07, 6.45) is 1.07. The molecule has 0 saturated carbocycles. The molecule has 0 spiro atoms. The molecule has 6 nitrogen and oxygen atoms in total. The van der Waals surface area contributed by atoms with E-state index < -0.39 is 18.0 Å². The summed E-state index contributed by atoms with van der Waals surface area (Å²) in [5.41, 5.74) is 0. The summed E-state index contributed by atoms with van der Waals surface area (Å²) >= 11 is 0. The van der Waals surface area contributed by atoms with Gasteiger partial charge >= 0.3 is 12.0 Å². The van der Waals surface area contributed by atoms with Crippen LogP contribution in [0.3, 0.4) is 0 Å². The summed E-state index contributed by atoms with van der Waals surface area (Å²) in [4.78, 5) is 24.8. The second-order valence-corrected chi connectivity index (χ2v) is 5.33. The number of carbonyl (C=O) groups excluding carboxylic acids is 1. The van der Waals surface area contributed by atoms with Gasteiger partial charge in [0.1, 0.15) is 6.04 Å². The lowest BCUT2D eigenvalue weighted by molar-refractivity contribution is -0.140. The van der Waals surface area contributed by atoms with E-state index in [-0.39, 0.29) is 5.92 Å².